The quantitative estimate of drug-likeness (QED) is 0.552. The van der Waals surface area contributed by atoms with E-state index in [9.17, 15) is 18.0 Å². The van der Waals surface area contributed by atoms with Crippen molar-refractivity contribution in [3.8, 4) is 0 Å². The number of benzene rings is 2. The molecule has 1 aromatic heterocycles. The highest BCUT2D eigenvalue weighted by molar-refractivity contribution is 6.33. The summed E-state index contributed by atoms with van der Waals surface area (Å²) in [6.07, 6.45) is -3.94. The first-order valence-corrected chi connectivity index (χ1v) is 9.46. The van der Waals surface area contributed by atoms with Gasteiger partial charge in [0.15, 0.2) is 5.69 Å². The number of para-hydroxylation sites is 1. The molecule has 1 amide bonds. The molecule has 156 valence electrons. The molecule has 0 aliphatic carbocycles. The number of aromatic nitrogens is 2. The predicted molar refractivity (Wildman–Crippen MR) is 109 cm³/mol. The van der Waals surface area contributed by atoms with E-state index in [4.69, 9.17) is 11.6 Å². The molecule has 0 spiro atoms. The molecule has 0 saturated carbocycles. The van der Waals surface area contributed by atoms with Gasteiger partial charge in [-0.2, -0.15) is 13.2 Å². The minimum absolute atomic E-state index is 0.174. The summed E-state index contributed by atoms with van der Waals surface area (Å²) in [5, 5.41) is 2.96. The molecule has 0 unspecified atom stereocenters. The number of hydrogen-bond acceptors (Lipinski definition) is 4. The summed E-state index contributed by atoms with van der Waals surface area (Å²) in [6.45, 7) is 2.10. The highest BCUT2D eigenvalue weighted by Crippen LogP contribution is 2.32. The van der Waals surface area contributed by atoms with Gasteiger partial charge in [0.05, 0.1) is 16.3 Å². The lowest BCUT2D eigenvalue weighted by molar-refractivity contribution is -0.141. The molecule has 3 rings (SSSR count). The lowest BCUT2D eigenvalue weighted by atomic mass is 10.1. The molecule has 1 N–H and O–H groups in total. The Labute approximate surface area is 176 Å². The molecule has 0 atom stereocenters. The Morgan fingerprint density at radius 3 is 2.40 bits per heavy atom. The van der Waals surface area contributed by atoms with Crippen LogP contribution in [0, 0.1) is 0 Å². The number of alkyl halides is 3. The van der Waals surface area contributed by atoms with Gasteiger partial charge in [-0.25, -0.2) is 9.97 Å². The van der Waals surface area contributed by atoms with Crippen LogP contribution in [-0.4, -0.2) is 27.3 Å². The monoisotopic (exact) mass is 434 g/mol. The third-order valence-electron chi connectivity index (χ3n) is 4.29. The van der Waals surface area contributed by atoms with E-state index < -0.39 is 23.3 Å². The maximum atomic E-state index is 13.7. The molecular formula is C21H18ClF3N4O. The normalized spacial score (nSPS) is 11.2. The largest absolute Gasteiger partial charge is 0.434 e. The highest BCUT2D eigenvalue weighted by atomic mass is 35.5. The smallest absolute Gasteiger partial charge is 0.334 e. The van der Waals surface area contributed by atoms with E-state index in [0.717, 1.165) is 11.8 Å². The number of nitrogens with one attached hydrogen (secondary N) is 1. The Morgan fingerprint density at radius 2 is 1.77 bits per heavy atom. The molecule has 1 heterocycles. The van der Waals surface area contributed by atoms with Gasteiger partial charge >= 0.3 is 6.18 Å². The van der Waals surface area contributed by atoms with Gasteiger partial charge in [-0.05, 0) is 24.6 Å². The van der Waals surface area contributed by atoms with Gasteiger partial charge in [-0.15, -0.1) is 0 Å². The second kappa shape index (κ2) is 9.13. The number of hydrogen-bond donors (Lipinski definition) is 1. The van der Waals surface area contributed by atoms with E-state index in [0.29, 0.717) is 10.7 Å². The van der Waals surface area contributed by atoms with E-state index in [1.807, 2.05) is 6.07 Å². The summed E-state index contributed by atoms with van der Waals surface area (Å²) >= 11 is 6.02. The van der Waals surface area contributed by atoms with Gasteiger partial charge in [0.1, 0.15) is 0 Å². The van der Waals surface area contributed by atoms with Crippen LogP contribution in [0.3, 0.4) is 0 Å². The molecule has 0 aliphatic rings. The van der Waals surface area contributed by atoms with Crippen molar-refractivity contribution in [1.29, 1.82) is 0 Å². The van der Waals surface area contributed by atoms with Crippen molar-refractivity contribution in [2.24, 2.45) is 0 Å². The molecule has 5 nitrogen and oxygen atoms in total. The van der Waals surface area contributed by atoms with E-state index in [-0.39, 0.29) is 19.0 Å². The zero-order valence-corrected chi connectivity index (χ0v) is 16.7. The molecule has 0 saturated heterocycles. The zero-order chi connectivity index (χ0) is 21.7. The van der Waals surface area contributed by atoms with Crippen LogP contribution in [0.15, 0.2) is 60.8 Å². The van der Waals surface area contributed by atoms with Gasteiger partial charge in [0.2, 0.25) is 5.95 Å². The van der Waals surface area contributed by atoms with Crippen LogP contribution in [0.1, 0.15) is 28.5 Å². The first kappa shape index (κ1) is 21.6. The zero-order valence-electron chi connectivity index (χ0n) is 15.9. The minimum atomic E-state index is -4.84. The Bertz CT molecular complexity index is 1030. The summed E-state index contributed by atoms with van der Waals surface area (Å²) in [4.78, 5) is 21.7. The number of anilines is 2. The van der Waals surface area contributed by atoms with Gasteiger partial charge in [-0.1, -0.05) is 54.1 Å². The average molecular weight is 435 g/mol. The van der Waals surface area contributed by atoms with Crippen LogP contribution in [0.25, 0.3) is 0 Å². The summed E-state index contributed by atoms with van der Waals surface area (Å²) < 4.78 is 41.1. The van der Waals surface area contributed by atoms with Crippen LogP contribution in [-0.2, 0) is 12.7 Å². The van der Waals surface area contributed by atoms with Crippen LogP contribution >= 0.6 is 11.6 Å². The second-order valence-electron chi connectivity index (χ2n) is 6.36. The molecular weight excluding hydrogens is 417 g/mol. The maximum absolute atomic E-state index is 13.7. The van der Waals surface area contributed by atoms with Crippen LogP contribution in [0.5, 0.6) is 0 Å². The number of rotatable bonds is 6. The minimum Gasteiger partial charge on any atom is -0.334 e. The molecule has 2 aromatic carbocycles. The van der Waals surface area contributed by atoms with Crippen molar-refractivity contribution in [1.82, 2.24) is 14.9 Å². The van der Waals surface area contributed by atoms with Crippen molar-refractivity contribution < 1.29 is 18.0 Å². The molecule has 30 heavy (non-hydrogen) atoms. The molecule has 0 radical (unpaired) electrons. The SMILES string of the molecule is CCN(Cc1ccccc1)C(=O)c1cnc(Nc2ccccc2Cl)nc1C(F)(F)F. The van der Waals surface area contributed by atoms with Crippen molar-refractivity contribution in [2.75, 3.05) is 11.9 Å². The topological polar surface area (TPSA) is 58.1 Å². The van der Waals surface area contributed by atoms with Gasteiger partial charge in [-0.3, -0.25) is 4.79 Å². The summed E-state index contributed by atoms with van der Waals surface area (Å²) in [7, 11) is 0. The third kappa shape index (κ3) is 5.07. The second-order valence-corrected chi connectivity index (χ2v) is 6.77. The van der Waals surface area contributed by atoms with Crippen molar-refractivity contribution in [2.45, 2.75) is 19.6 Å². The predicted octanol–water partition coefficient (Wildman–Crippen LogP) is 5.55. The Morgan fingerprint density at radius 1 is 1.10 bits per heavy atom. The van der Waals surface area contributed by atoms with E-state index in [1.165, 1.54) is 4.90 Å². The molecule has 9 heteroatoms. The van der Waals surface area contributed by atoms with Gasteiger partial charge in [0.25, 0.3) is 5.91 Å². The van der Waals surface area contributed by atoms with E-state index >= 15 is 0 Å². The van der Waals surface area contributed by atoms with E-state index in [1.54, 1.807) is 55.5 Å². The fourth-order valence-electron chi connectivity index (χ4n) is 2.80. The maximum Gasteiger partial charge on any atom is 0.434 e. The molecule has 0 fully saturated rings. The number of carbonyl (C=O) groups excluding carboxylic acids is 1. The molecule has 0 bridgehead atoms. The summed E-state index contributed by atoms with van der Waals surface area (Å²) in [5.74, 6) is -1.10. The number of carbonyl (C=O) groups is 1. The van der Waals surface area contributed by atoms with Crippen molar-refractivity contribution in [3.63, 3.8) is 0 Å². The highest BCUT2D eigenvalue weighted by Gasteiger charge is 2.39. The first-order valence-electron chi connectivity index (χ1n) is 9.08. The fraction of sp³-hybridized carbons (Fsp3) is 0.190. The number of nitrogens with zero attached hydrogens (tertiary/aromatic N) is 3. The Balaban J connectivity index is 1.93. The standard InChI is InChI=1S/C21H18ClF3N4O/c1-2-29(13-14-8-4-3-5-9-14)19(30)15-12-26-20(28-18(15)21(23,24)25)27-17-11-7-6-10-16(17)22/h3-12H,2,13H2,1H3,(H,26,27,28). The first-order chi connectivity index (χ1) is 14.3. The third-order valence-corrected chi connectivity index (χ3v) is 4.62. The van der Waals surface area contributed by atoms with E-state index in [2.05, 4.69) is 15.3 Å². The summed E-state index contributed by atoms with van der Waals surface area (Å²) in [6, 6.07) is 15.5. The van der Waals surface area contributed by atoms with Crippen LogP contribution in [0.4, 0.5) is 24.8 Å². The number of halogens is 4. The summed E-state index contributed by atoms with van der Waals surface area (Å²) in [5.41, 5.74) is -0.752. The lowest BCUT2D eigenvalue weighted by Crippen LogP contribution is -2.32. The lowest BCUT2D eigenvalue weighted by Gasteiger charge is -2.22. The van der Waals surface area contributed by atoms with Crippen LogP contribution in [0.2, 0.25) is 5.02 Å². The van der Waals surface area contributed by atoms with Gasteiger partial charge < -0.3 is 10.2 Å². The Kier molecular flexibility index (Phi) is 6.56. The van der Waals surface area contributed by atoms with Crippen molar-refractivity contribution >= 4 is 29.1 Å². The van der Waals surface area contributed by atoms with Crippen molar-refractivity contribution in [3.05, 3.63) is 82.6 Å². The molecule has 3 aromatic rings. The van der Waals surface area contributed by atoms with Crippen LogP contribution < -0.4 is 5.32 Å². The fourth-order valence-corrected chi connectivity index (χ4v) is 2.98. The Hall–Kier alpha value is -3.13. The molecule has 0 aliphatic heterocycles. The average Bonchev–Trinajstić information content (AvgIpc) is 2.73. The number of amides is 1. The van der Waals surface area contributed by atoms with Gasteiger partial charge in [0, 0.05) is 19.3 Å².